The van der Waals surface area contributed by atoms with Crippen LogP contribution >= 0.6 is 0 Å². The van der Waals surface area contributed by atoms with Crippen LogP contribution in [0.1, 0.15) is 85.1 Å². The first-order valence-corrected chi connectivity index (χ1v) is 22.0. The highest BCUT2D eigenvalue weighted by Gasteiger charge is 2.41. The third-order valence-electron chi connectivity index (χ3n) is 13.3. The van der Waals surface area contributed by atoms with Crippen LogP contribution in [-0.2, 0) is 20.8 Å². The van der Waals surface area contributed by atoms with Crippen molar-refractivity contribution in [2.45, 2.75) is 98.1 Å². The first-order chi connectivity index (χ1) is 30.3. The molecule has 1 fully saturated rings. The van der Waals surface area contributed by atoms with Crippen molar-refractivity contribution in [2.24, 2.45) is 38.3 Å². The molecule has 1 aliphatic carbocycles. The Kier molecular flexibility index (Phi) is 12.1. The highest BCUT2D eigenvalue weighted by Crippen LogP contribution is 2.46. The predicted octanol–water partition coefficient (Wildman–Crippen LogP) is 6.93. The topological polar surface area (TPSA) is 212 Å². The number of H-pyrrole nitrogens is 1. The van der Waals surface area contributed by atoms with Gasteiger partial charge in [0.1, 0.15) is 11.8 Å². The van der Waals surface area contributed by atoms with Crippen LogP contribution in [0.2, 0.25) is 0 Å². The highest BCUT2D eigenvalue weighted by molar-refractivity contribution is 6.21. The molecule has 0 radical (unpaired) electrons. The highest BCUT2D eigenvalue weighted by atomic mass is 16.3. The number of benzene rings is 1. The number of amides is 3. The second-order valence-corrected chi connectivity index (χ2v) is 17.3. The van der Waals surface area contributed by atoms with Gasteiger partial charge in [-0.1, -0.05) is 44.7 Å². The van der Waals surface area contributed by atoms with Gasteiger partial charge in [-0.2, -0.15) is 0 Å². The number of aliphatic hydroxyl groups excluding tert-OH is 1. The van der Waals surface area contributed by atoms with Gasteiger partial charge in [0, 0.05) is 76.4 Å². The van der Waals surface area contributed by atoms with E-state index in [2.05, 4.69) is 61.3 Å². The maximum absolute atomic E-state index is 13.4. The first-order valence-electron chi connectivity index (χ1n) is 22.0. The number of nitrogens with two attached hydrogens (primary N) is 2. The van der Waals surface area contributed by atoms with Crippen LogP contribution in [0.4, 0.5) is 0 Å². The zero-order valence-corrected chi connectivity index (χ0v) is 36.7. The van der Waals surface area contributed by atoms with Gasteiger partial charge in [0.25, 0.3) is 0 Å². The molecule has 6 heterocycles. The fourth-order valence-corrected chi connectivity index (χ4v) is 9.65. The summed E-state index contributed by atoms with van der Waals surface area (Å²) in [5.41, 5.74) is 27.5. The Morgan fingerprint density at radius 3 is 2.54 bits per heavy atom. The van der Waals surface area contributed by atoms with Gasteiger partial charge < -0.3 is 37.5 Å². The molecule has 2 unspecified atom stereocenters. The molecule has 8 bridgehead atoms. The number of carbonyl (C=O) groups is 3. The van der Waals surface area contributed by atoms with Crippen LogP contribution in [0.25, 0.3) is 10.9 Å². The minimum absolute atomic E-state index is 0.00430. The lowest BCUT2D eigenvalue weighted by Crippen LogP contribution is -2.51. The third kappa shape index (κ3) is 8.25. The summed E-state index contributed by atoms with van der Waals surface area (Å²) in [6, 6.07) is 6.06. The van der Waals surface area contributed by atoms with E-state index in [-0.39, 0.29) is 24.2 Å². The van der Waals surface area contributed by atoms with E-state index in [9.17, 15) is 19.5 Å². The summed E-state index contributed by atoms with van der Waals surface area (Å²) in [5.74, 6) is -0.930. The number of fused-ring (bicyclic) bond motifs is 6. The Balaban J connectivity index is 0.941. The SMILES string of the molecule is C=CC1=C(C)C2=NC1=CC1=NC(=CC3=C(C)C4=C(O)CC(=C5NC(=C2)[C@@H](C)[C@@H]5CCC(=O)NCCCCC(NC(=O)C(N)Cc2c[nH]c5ccccc25)C(N)=O)C4=N3)C(CC)=C1C. The molecule has 13 nitrogen and oxygen atoms in total. The van der Waals surface area contributed by atoms with Gasteiger partial charge in [0.15, 0.2) is 0 Å². The molecule has 13 heteroatoms. The van der Waals surface area contributed by atoms with Gasteiger partial charge in [-0.3, -0.25) is 14.4 Å². The molecule has 9 N–H and O–H groups in total. The lowest BCUT2D eigenvalue weighted by molar-refractivity contribution is -0.128. The lowest BCUT2D eigenvalue weighted by atomic mass is 9.86. The summed E-state index contributed by atoms with van der Waals surface area (Å²) in [7, 11) is 0. The standard InChI is InChI=1S/C50H57N9O4/c1-7-30-25(3)38-21-40-27(5)32(16-17-45(61)53-18-12-11-15-37(49(52)62)59-50(63)35(51)19-29-24-54-36-14-10-9-13-33(29)36)47(57-40)34-20-44(60)46-28(6)41(58-48(34)46)23-43-31(8-2)26(4)39(56-43)22-42(30)55-38/h7,9-10,13-14,21-24,27,32,35,37,54,57,60H,1,8,11-12,15-20,51H2,2-6H3,(H2,52,62)(H,53,61)(H,59,63)/t27-,32-,35?,37?/m0/s1. The van der Waals surface area contributed by atoms with Gasteiger partial charge >= 0.3 is 0 Å². The van der Waals surface area contributed by atoms with E-state index in [0.29, 0.717) is 50.8 Å². The number of aliphatic hydroxyl groups is 1. The average molecular weight is 848 g/mol. The zero-order chi connectivity index (χ0) is 44.7. The van der Waals surface area contributed by atoms with E-state index in [4.69, 9.17) is 26.4 Å². The van der Waals surface area contributed by atoms with Crippen LogP contribution in [0.5, 0.6) is 0 Å². The van der Waals surface area contributed by atoms with Gasteiger partial charge in [-0.05, 0) is 111 Å². The molecule has 1 saturated heterocycles. The number of aliphatic imine (C=N–C) groups is 3. The van der Waals surface area contributed by atoms with Crippen molar-refractivity contribution >= 4 is 45.8 Å². The number of allylic oxidation sites excluding steroid dienone is 12. The smallest absolute Gasteiger partial charge is 0.240 e. The number of hydrogen-bond acceptors (Lipinski definition) is 9. The summed E-state index contributed by atoms with van der Waals surface area (Å²) in [6.45, 7) is 15.0. The third-order valence-corrected chi connectivity index (χ3v) is 13.3. The normalized spacial score (nSPS) is 21.3. The molecule has 1 aromatic carbocycles. The summed E-state index contributed by atoms with van der Waals surface area (Å²) in [5, 5.41) is 22.0. The predicted molar refractivity (Wildman–Crippen MR) is 249 cm³/mol. The number of primary amides is 1. The number of para-hydroxylation sites is 1. The lowest BCUT2D eigenvalue weighted by Gasteiger charge is -2.19. The van der Waals surface area contributed by atoms with Crippen molar-refractivity contribution < 1.29 is 19.5 Å². The number of hydrogen-bond donors (Lipinski definition) is 7. The maximum Gasteiger partial charge on any atom is 0.240 e. The summed E-state index contributed by atoms with van der Waals surface area (Å²) < 4.78 is 0. The van der Waals surface area contributed by atoms with E-state index in [1.54, 1.807) is 0 Å². The Bertz CT molecular complexity index is 2710. The second-order valence-electron chi connectivity index (χ2n) is 17.3. The Labute approximate surface area is 368 Å². The fraction of sp³-hybridized carbons (Fsp3) is 0.360. The molecule has 0 saturated carbocycles. The summed E-state index contributed by atoms with van der Waals surface area (Å²) in [6.07, 6.45) is 13.6. The van der Waals surface area contributed by atoms with Crippen LogP contribution in [0.15, 0.2) is 150 Å². The molecule has 4 atom stereocenters. The average Bonchev–Trinajstić information content (AvgIpc) is 4.09. The number of aromatic nitrogens is 1. The van der Waals surface area contributed by atoms with Crippen LogP contribution in [-0.4, -0.2) is 63.6 Å². The Hall–Kier alpha value is -6.60. The van der Waals surface area contributed by atoms with Crippen molar-refractivity contribution in [2.75, 3.05) is 6.54 Å². The number of carbonyl (C=O) groups excluding carboxylic acids is 3. The minimum Gasteiger partial charge on any atom is -0.511 e. The van der Waals surface area contributed by atoms with E-state index in [1.165, 1.54) is 0 Å². The molecule has 5 aliphatic heterocycles. The molecule has 1 aromatic heterocycles. The summed E-state index contributed by atoms with van der Waals surface area (Å²) in [4.78, 5) is 57.2. The fourth-order valence-electron chi connectivity index (χ4n) is 9.65. The molecule has 3 amide bonds. The van der Waals surface area contributed by atoms with E-state index in [1.807, 2.05) is 55.6 Å². The monoisotopic (exact) mass is 847 g/mol. The first kappa shape index (κ1) is 43.1. The molecule has 63 heavy (non-hydrogen) atoms. The van der Waals surface area contributed by atoms with E-state index >= 15 is 0 Å². The molecule has 2 aromatic rings. The number of nitrogens with one attached hydrogen (secondary N) is 4. The van der Waals surface area contributed by atoms with Gasteiger partial charge in [0.2, 0.25) is 17.7 Å². The van der Waals surface area contributed by atoms with Crippen molar-refractivity contribution in [3.8, 4) is 0 Å². The molecular formula is C50H57N9O4. The van der Waals surface area contributed by atoms with Crippen molar-refractivity contribution in [3.05, 3.63) is 140 Å². The molecule has 8 rings (SSSR count). The zero-order valence-electron chi connectivity index (χ0n) is 36.7. The van der Waals surface area contributed by atoms with E-state index < -0.39 is 23.9 Å². The second kappa shape index (κ2) is 17.6. The minimum atomic E-state index is -0.875. The Morgan fingerprint density at radius 1 is 1.02 bits per heavy atom. The Morgan fingerprint density at radius 2 is 1.78 bits per heavy atom. The van der Waals surface area contributed by atoms with Crippen molar-refractivity contribution in [1.29, 1.82) is 0 Å². The molecular weight excluding hydrogens is 791 g/mol. The van der Waals surface area contributed by atoms with E-state index in [0.717, 1.165) is 108 Å². The van der Waals surface area contributed by atoms with Crippen molar-refractivity contribution in [1.82, 2.24) is 20.9 Å². The molecule has 0 spiro atoms. The van der Waals surface area contributed by atoms with Gasteiger partial charge in [0.05, 0.1) is 40.3 Å². The van der Waals surface area contributed by atoms with Gasteiger partial charge in [-0.15, -0.1) is 0 Å². The molecule has 326 valence electrons. The number of rotatable bonds is 15. The number of aromatic amines is 1. The van der Waals surface area contributed by atoms with Crippen LogP contribution < -0.4 is 27.4 Å². The summed E-state index contributed by atoms with van der Waals surface area (Å²) >= 11 is 0. The maximum atomic E-state index is 13.4. The van der Waals surface area contributed by atoms with Gasteiger partial charge in [-0.25, -0.2) is 15.0 Å². The number of unbranched alkanes of at least 4 members (excludes halogenated alkanes) is 1. The quantitative estimate of drug-likeness (QED) is 0.0944. The largest absolute Gasteiger partial charge is 0.511 e. The number of nitrogens with zero attached hydrogens (tertiary/aromatic N) is 3. The molecule has 6 aliphatic rings. The van der Waals surface area contributed by atoms with Crippen LogP contribution in [0.3, 0.4) is 0 Å². The van der Waals surface area contributed by atoms with Crippen molar-refractivity contribution in [3.63, 3.8) is 0 Å². The van der Waals surface area contributed by atoms with Crippen LogP contribution in [0, 0.1) is 11.8 Å².